The molecule has 1 amide bonds. The Morgan fingerprint density at radius 3 is 2.12 bits per heavy atom. The summed E-state index contributed by atoms with van der Waals surface area (Å²) < 4.78 is 38.8. The van der Waals surface area contributed by atoms with E-state index < -0.39 is 12.1 Å². The molecule has 1 saturated heterocycles. The van der Waals surface area contributed by atoms with Crippen molar-refractivity contribution < 1.29 is 18.0 Å². The summed E-state index contributed by atoms with van der Waals surface area (Å²) >= 11 is 0. The van der Waals surface area contributed by atoms with Crippen LogP contribution in [0.2, 0.25) is 0 Å². The lowest BCUT2D eigenvalue weighted by Crippen LogP contribution is -2.38. The second-order valence-corrected chi connectivity index (χ2v) is 9.60. The monoisotopic (exact) mass is 544 g/mol. The minimum Gasteiger partial charge on any atom is -0.372 e. The summed E-state index contributed by atoms with van der Waals surface area (Å²) in [6.45, 7) is 0.754. The molecule has 7 nitrogen and oxygen atoms in total. The van der Waals surface area contributed by atoms with Gasteiger partial charge in [-0.15, -0.1) is 0 Å². The van der Waals surface area contributed by atoms with Gasteiger partial charge in [0.1, 0.15) is 6.07 Å². The molecule has 4 N–H and O–H groups in total. The fraction of sp³-hybridized carbons (Fsp3) is 0.200. The topological polar surface area (TPSA) is 96.0 Å². The van der Waals surface area contributed by atoms with Gasteiger partial charge in [-0.2, -0.15) is 18.4 Å². The molecule has 1 fully saturated rings. The highest BCUT2D eigenvalue weighted by Gasteiger charge is 2.41. The molecule has 10 heteroatoms. The van der Waals surface area contributed by atoms with Crippen molar-refractivity contribution in [3.05, 3.63) is 96.3 Å². The third-order valence-electron chi connectivity index (χ3n) is 6.90. The highest BCUT2D eigenvalue weighted by Crippen LogP contribution is 2.35. The van der Waals surface area contributed by atoms with Gasteiger partial charge in [-0.05, 0) is 85.6 Å². The zero-order valence-electron chi connectivity index (χ0n) is 21.4. The van der Waals surface area contributed by atoms with Gasteiger partial charge in [-0.3, -0.25) is 4.79 Å². The molecule has 1 aromatic heterocycles. The van der Waals surface area contributed by atoms with Crippen LogP contribution in [0.15, 0.2) is 85.2 Å². The van der Waals surface area contributed by atoms with Gasteiger partial charge in [-0.1, -0.05) is 0 Å². The Kier molecular flexibility index (Phi) is 7.64. The van der Waals surface area contributed by atoms with Crippen LogP contribution in [-0.2, 0) is 0 Å². The number of nitriles is 1. The van der Waals surface area contributed by atoms with Crippen LogP contribution >= 0.6 is 0 Å². The number of aromatic nitrogens is 1. The number of benzene rings is 3. The molecule has 0 bridgehead atoms. The summed E-state index contributed by atoms with van der Waals surface area (Å²) in [5, 5.41) is 19.1. The van der Waals surface area contributed by atoms with Gasteiger partial charge in [0.25, 0.3) is 5.91 Å². The maximum absolute atomic E-state index is 12.9. The molecular weight excluding hydrogens is 517 g/mol. The lowest BCUT2D eigenvalue weighted by Gasteiger charge is -2.34. The summed E-state index contributed by atoms with van der Waals surface area (Å²) in [5.74, 6) is -1.43. The average Bonchev–Trinajstić information content (AvgIpc) is 3.50. The van der Waals surface area contributed by atoms with Crippen LogP contribution < -0.4 is 20.9 Å². The molecule has 0 atom stereocenters. The number of alkyl halides is 3. The molecule has 4 aromatic rings. The van der Waals surface area contributed by atoms with Gasteiger partial charge in [0, 0.05) is 53.9 Å². The van der Waals surface area contributed by atoms with Crippen LogP contribution in [0.1, 0.15) is 28.8 Å². The van der Waals surface area contributed by atoms with Gasteiger partial charge in [0.15, 0.2) is 0 Å². The molecule has 3 aromatic carbocycles. The van der Waals surface area contributed by atoms with Crippen molar-refractivity contribution in [1.29, 1.82) is 5.26 Å². The standard InChI is InChI=1S/C30H27F3N6O/c31-30(32,33)22-12-15-39(16-13-22)27-8-5-23(6-9-27)36-26-7-10-28(21(17-26)18-34)37-24-1-3-25(4-2-24)38-29(40)20-11-14-35-19-20/h1-11,14,17,19,22,35-37H,12-13,15-16H2,(H,38,40). The van der Waals surface area contributed by atoms with Crippen molar-refractivity contribution in [2.45, 2.75) is 19.0 Å². The third-order valence-corrected chi connectivity index (χ3v) is 6.90. The van der Waals surface area contributed by atoms with Gasteiger partial charge < -0.3 is 25.8 Å². The molecule has 0 saturated carbocycles. The molecule has 0 aliphatic carbocycles. The molecule has 40 heavy (non-hydrogen) atoms. The number of nitrogens with zero attached hydrogens (tertiary/aromatic N) is 2. The van der Waals surface area contributed by atoms with Crippen molar-refractivity contribution >= 4 is 40.0 Å². The first-order valence-corrected chi connectivity index (χ1v) is 12.8. The smallest absolute Gasteiger partial charge is 0.372 e. The van der Waals surface area contributed by atoms with Crippen LogP contribution in [0.4, 0.5) is 47.3 Å². The van der Waals surface area contributed by atoms with Crippen LogP contribution in [0.5, 0.6) is 0 Å². The van der Waals surface area contributed by atoms with E-state index in [1.165, 1.54) is 0 Å². The van der Waals surface area contributed by atoms with E-state index >= 15 is 0 Å². The quantitative estimate of drug-likeness (QED) is 0.194. The first-order valence-electron chi connectivity index (χ1n) is 12.8. The largest absolute Gasteiger partial charge is 0.391 e. The van der Waals surface area contributed by atoms with Gasteiger partial charge in [-0.25, -0.2) is 0 Å². The lowest BCUT2D eigenvalue weighted by atomic mass is 9.96. The Balaban J connectivity index is 1.18. The maximum atomic E-state index is 12.9. The highest BCUT2D eigenvalue weighted by molar-refractivity contribution is 6.04. The zero-order chi connectivity index (χ0) is 28.1. The number of carbonyl (C=O) groups excluding carboxylic acids is 1. The second kappa shape index (κ2) is 11.5. The number of nitrogens with one attached hydrogen (secondary N) is 4. The first kappa shape index (κ1) is 26.7. The average molecular weight is 545 g/mol. The number of rotatable bonds is 7. The summed E-state index contributed by atoms with van der Waals surface area (Å²) in [6.07, 6.45) is -0.607. The van der Waals surface area contributed by atoms with E-state index in [2.05, 4.69) is 27.0 Å². The third kappa shape index (κ3) is 6.38. The second-order valence-electron chi connectivity index (χ2n) is 9.60. The number of anilines is 6. The Bertz CT molecular complexity index is 1480. The predicted octanol–water partition coefficient (Wildman–Crippen LogP) is 7.40. The van der Waals surface area contributed by atoms with E-state index in [9.17, 15) is 23.2 Å². The SMILES string of the molecule is N#Cc1cc(Nc2ccc(N3CCC(C(F)(F)F)CC3)cc2)ccc1Nc1ccc(NC(=O)c2cc[nH]c2)cc1. The van der Waals surface area contributed by atoms with Gasteiger partial charge >= 0.3 is 6.18 Å². The predicted molar refractivity (Wildman–Crippen MR) is 150 cm³/mol. The number of aromatic amines is 1. The Labute approximate surface area is 229 Å². The minimum atomic E-state index is -4.13. The lowest BCUT2D eigenvalue weighted by molar-refractivity contribution is -0.179. The molecule has 1 aliphatic heterocycles. The van der Waals surface area contributed by atoms with E-state index in [4.69, 9.17) is 0 Å². The number of halogens is 3. The normalized spacial score (nSPS) is 13.9. The summed E-state index contributed by atoms with van der Waals surface area (Å²) in [7, 11) is 0. The zero-order valence-corrected chi connectivity index (χ0v) is 21.4. The van der Waals surface area contributed by atoms with Crippen molar-refractivity contribution in [1.82, 2.24) is 4.98 Å². The fourth-order valence-corrected chi connectivity index (χ4v) is 4.67. The van der Waals surface area contributed by atoms with E-state index in [-0.39, 0.29) is 18.7 Å². The highest BCUT2D eigenvalue weighted by atomic mass is 19.4. The Morgan fingerprint density at radius 1 is 0.875 bits per heavy atom. The number of hydrogen-bond donors (Lipinski definition) is 4. The number of piperidine rings is 1. The number of H-pyrrole nitrogens is 1. The van der Waals surface area contributed by atoms with E-state index in [1.807, 2.05) is 53.4 Å². The van der Waals surface area contributed by atoms with Crippen LogP contribution in [0, 0.1) is 17.2 Å². The van der Waals surface area contributed by atoms with Crippen molar-refractivity contribution in [2.24, 2.45) is 5.92 Å². The van der Waals surface area contributed by atoms with E-state index in [0.29, 0.717) is 35.6 Å². The van der Waals surface area contributed by atoms with Crippen molar-refractivity contribution in [3.63, 3.8) is 0 Å². The first-order chi connectivity index (χ1) is 19.3. The van der Waals surface area contributed by atoms with Crippen molar-refractivity contribution in [2.75, 3.05) is 33.9 Å². The van der Waals surface area contributed by atoms with Crippen LogP contribution in [-0.4, -0.2) is 30.2 Å². The minimum absolute atomic E-state index is 0.107. The van der Waals surface area contributed by atoms with E-state index in [0.717, 1.165) is 22.7 Å². The van der Waals surface area contributed by atoms with Gasteiger partial charge in [0.05, 0.1) is 22.7 Å². The maximum Gasteiger partial charge on any atom is 0.391 e. The van der Waals surface area contributed by atoms with E-state index in [1.54, 1.807) is 36.7 Å². The Morgan fingerprint density at radius 2 is 1.50 bits per heavy atom. The Hall–Kier alpha value is -4.91. The summed E-state index contributed by atoms with van der Waals surface area (Å²) in [4.78, 5) is 17.0. The molecule has 5 rings (SSSR count). The molecule has 204 valence electrons. The number of carbonyl (C=O) groups is 1. The number of hydrogen-bond acceptors (Lipinski definition) is 5. The molecular formula is C30H27F3N6O. The molecule has 1 aliphatic rings. The summed E-state index contributed by atoms with van der Waals surface area (Å²) in [6, 6.07) is 24.0. The fourth-order valence-electron chi connectivity index (χ4n) is 4.67. The van der Waals surface area contributed by atoms with Crippen molar-refractivity contribution in [3.8, 4) is 6.07 Å². The summed E-state index contributed by atoms with van der Waals surface area (Å²) in [5.41, 5.74) is 5.43. The van der Waals surface area contributed by atoms with Gasteiger partial charge in [0.2, 0.25) is 0 Å². The molecule has 2 heterocycles. The van der Waals surface area contributed by atoms with Crippen LogP contribution in [0.3, 0.4) is 0 Å². The molecule has 0 unspecified atom stereocenters. The number of amides is 1. The molecule has 0 spiro atoms. The molecule has 0 radical (unpaired) electrons. The van der Waals surface area contributed by atoms with Crippen LogP contribution in [0.25, 0.3) is 0 Å².